The van der Waals surface area contributed by atoms with Crippen LogP contribution in [-0.4, -0.2) is 48.8 Å². The van der Waals surface area contributed by atoms with E-state index in [0.29, 0.717) is 13.1 Å². The summed E-state index contributed by atoms with van der Waals surface area (Å²) in [5, 5.41) is 4.46. The number of rotatable bonds is 6. The molecular weight excluding hydrogens is 316 g/mol. The summed E-state index contributed by atoms with van der Waals surface area (Å²) in [7, 11) is -1.83. The molecule has 0 unspecified atom stereocenters. The van der Waals surface area contributed by atoms with E-state index in [1.54, 1.807) is 7.11 Å². The van der Waals surface area contributed by atoms with Crippen LogP contribution >= 0.6 is 0 Å². The first-order valence-corrected chi connectivity index (χ1v) is 9.58. The van der Waals surface area contributed by atoms with Gasteiger partial charge in [-0.25, -0.2) is 0 Å². The predicted octanol–water partition coefficient (Wildman–Crippen LogP) is 1.53. The number of nitrogens with zero attached hydrogens (tertiary/aromatic N) is 3. The van der Waals surface area contributed by atoms with E-state index in [0.717, 1.165) is 36.3 Å². The Morgan fingerprint density at radius 1 is 1.35 bits per heavy atom. The van der Waals surface area contributed by atoms with Crippen molar-refractivity contribution in [3.63, 3.8) is 0 Å². The van der Waals surface area contributed by atoms with Gasteiger partial charge < -0.3 is 4.74 Å². The summed E-state index contributed by atoms with van der Waals surface area (Å²) < 4.78 is 36.7. The van der Waals surface area contributed by atoms with E-state index >= 15 is 0 Å². The van der Waals surface area contributed by atoms with Crippen LogP contribution in [0.4, 0.5) is 0 Å². The maximum absolute atomic E-state index is 12.6. The Bertz CT molecular complexity index is 633. The third-order valence-electron chi connectivity index (χ3n) is 4.57. The average molecular weight is 344 g/mol. The Balaban J connectivity index is 2.10. The first-order valence-electron chi connectivity index (χ1n) is 8.14. The average Bonchev–Trinajstić information content (AvgIpc) is 2.81. The second-order valence-corrected chi connectivity index (χ2v) is 7.78. The molecule has 23 heavy (non-hydrogen) atoms. The van der Waals surface area contributed by atoms with Gasteiger partial charge >= 0.3 is 0 Å². The van der Waals surface area contributed by atoms with Crippen LogP contribution in [0, 0.1) is 13.8 Å². The molecular formula is C15H28N4O3S. The molecule has 2 heterocycles. The molecule has 0 bridgehead atoms. The standard InChI is InChI=1S/C15H28N4O3S/c1-6-19-13(4)15(11(2)16-19)12(3)17-23(20,21)18-9-7-14(22-5)8-10-18/h12,14,17H,6-10H2,1-5H3/t12-/m1/s1. The molecule has 7 nitrogen and oxygen atoms in total. The number of nitrogens with one attached hydrogen (secondary N) is 1. The Morgan fingerprint density at radius 2 is 1.96 bits per heavy atom. The van der Waals surface area contributed by atoms with Gasteiger partial charge in [0.15, 0.2) is 0 Å². The molecule has 132 valence electrons. The van der Waals surface area contributed by atoms with E-state index in [9.17, 15) is 8.42 Å². The largest absolute Gasteiger partial charge is 0.381 e. The van der Waals surface area contributed by atoms with Crippen molar-refractivity contribution in [2.45, 2.75) is 59.2 Å². The number of aromatic nitrogens is 2. The topological polar surface area (TPSA) is 76.5 Å². The first kappa shape index (κ1) is 18.4. The fourth-order valence-electron chi connectivity index (χ4n) is 3.31. The fourth-order valence-corrected chi connectivity index (χ4v) is 4.72. The molecule has 0 aliphatic carbocycles. The number of hydrogen-bond donors (Lipinski definition) is 1. The lowest BCUT2D eigenvalue weighted by Crippen LogP contribution is -2.46. The zero-order chi connectivity index (χ0) is 17.2. The first-order chi connectivity index (χ1) is 10.8. The van der Waals surface area contributed by atoms with Crippen LogP contribution in [-0.2, 0) is 21.5 Å². The van der Waals surface area contributed by atoms with Crippen LogP contribution in [0.25, 0.3) is 0 Å². The van der Waals surface area contributed by atoms with E-state index in [1.807, 2.05) is 32.4 Å². The highest BCUT2D eigenvalue weighted by molar-refractivity contribution is 7.87. The number of hydrogen-bond acceptors (Lipinski definition) is 4. The molecule has 1 aliphatic rings. The molecule has 1 atom stereocenters. The number of methoxy groups -OCH3 is 1. The van der Waals surface area contributed by atoms with E-state index in [2.05, 4.69) is 9.82 Å². The summed E-state index contributed by atoms with van der Waals surface area (Å²) in [5.41, 5.74) is 2.85. The van der Waals surface area contributed by atoms with E-state index in [-0.39, 0.29) is 12.1 Å². The van der Waals surface area contributed by atoms with Crippen LogP contribution in [0.5, 0.6) is 0 Å². The zero-order valence-electron chi connectivity index (χ0n) is 14.7. The summed E-state index contributed by atoms with van der Waals surface area (Å²) >= 11 is 0. The molecule has 0 aromatic carbocycles. The number of aryl methyl sites for hydroxylation is 2. The van der Waals surface area contributed by atoms with E-state index in [4.69, 9.17) is 4.74 Å². The minimum absolute atomic E-state index is 0.158. The Kier molecular flexibility index (Phi) is 5.83. The van der Waals surface area contributed by atoms with Crippen molar-refractivity contribution in [2.75, 3.05) is 20.2 Å². The summed E-state index contributed by atoms with van der Waals surface area (Å²) in [4.78, 5) is 0. The normalized spacial score (nSPS) is 19.2. The van der Waals surface area contributed by atoms with Crippen LogP contribution in [0.1, 0.15) is 49.7 Å². The van der Waals surface area contributed by atoms with Gasteiger partial charge in [-0.05, 0) is 40.5 Å². The predicted molar refractivity (Wildman–Crippen MR) is 89.4 cm³/mol. The Morgan fingerprint density at radius 3 is 2.43 bits per heavy atom. The van der Waals surface area contributed by atoms with Crippen molar-refractivity contribution in [3.8, 4) is 0 Å². The molecule has 8 heteroatoms. The van der Waals surface area contributed by atoms with E-state index < -0.39 is 10.2 Å². The second kappa shape index (κ2) is 7.29. The van der Waals surface area contributed by atoms with Crippen LogP contribution < -0.4 is 4.72 Å². The smallest absolute Gasteiger partial charge is 0.280 e. The van der Waals surface area contributed by atoms with Crippen molar-refractivity contribution in [1.29, 1.82) is 0 Å². The van der Waals surface area contributed by atoms with Crippen molar-refractivity contribution in [3.05, 3.63) is 17.0 Å². The number of piperidine rings is 1. The molecule has 1 fully saturated rings. The van der Waals surface area contributed by atoms with Gasteiger partial charge in [0.05, 0.1) is 11.8 Å². The van der Waals surface area contributed by atoms with Crippen molar-refractivity contribution in [2.24, 2.45) is 0 Å². The van der Waals surface area contributed by atoms with Gasteiger partial charge in [-0.2, -0.15) is 22.5 Å². The molecule has 1 aromatic heterocycles. The second-order valence-electron chi connectivity index (χ2n) is 6.08. The van der Waals surface area contributed by atoms with Crippen LogP contribution in [0.15, 0.2) is 0 Å². The summed E-state index contributed by atoms with van der Waals surface area (Å²) in [6, 6.07) is -0.305. The summed E-state index contributed by atoms with van der Waals surface area (Å²) in [6.07, 6.45) is 1.63. The van der Waals surface area contributed by atoms with Gasteiger partial charge in [0, 0.05) is 44.0 Å². The van der Waals surface area contributed by atoms with E-state index in [1.165, 1.54) is 4.31 Å². The maximum atomic E-state index is 12.6. The third kappa shape index (κ3) is 3.93. The van der Waals surface area contributed by atoms with Gasteiger partial charge in [0.25, 0.3) is 10.2 Å². The molecule has 1 N–H and O–H groups in total. The van der Waals surface area contributed by atoms with Gasteiger partial charge in [0.2, 0.25) is 0 Å². The molecule has 1 aliphatic heterocycles. The zero-order valence-corrected chi connectivity index (χ0v) is 15.5. The van der Waals surface area contributed by atoms with Crippen molar-refractivity contribution in [1.82, 2.24) is 18.8 Å². The molecule has 0 saturated carbocycles. The molecule has 1 aromatic rings. The lowest BCUT2D eigenvalue weighted by molar-refractivity contribution is 0.0601. The quantitative estimate of drug-likeness (QED) is 0.849. The van der Waals surface area contributed by atoms with Crippen LogP contribution in [0.2, 0.25) is 0 Å². The highest BCUT2D eigenvalue weighted by atomic mass is 32.2. The highest BCUT2D eigenvalue weighted by Gasteiger charge is 2.30. The maximum Gasteiger partial charge on any atom is 0.280 e. The SMILES string of the molecule is CCn1nc(C)c([C@@H](C)NS(=O)(=O)N2CCC(OC)CC2)c1C. The van der Waals surface area contributed by atoms with Gasteiger partial charge in [-0.15, -0.1) is 0 Å². The molecule has 0 radical (unpaired) electrons. The molecule has 2 rings (SSSR count). The molecule has 1 saturated heterocycles. The van der Waals surface area contributed by atoms with Crippen molar-refractivity contribution < 1.29 is 13.2 Å². The van der Waals surface area contributed by atoms with Crippen LogP contribution in [0.3, 0.4) is 0 Å². The monoisotopic (exact) mass is 344 g/mol. The lowest BCUT2D eigenvalue weighted by Gasteiger charge is -2.31. The van der Waals surface area contributed by atoms with Gasteiger partial charge in [0.1, 0.15) is 0 Å². The molecule has 0 spiro atoms. The Labute approximate surface area is 139 Å². The summed E-state index contributed by atoms with van der Waals surface area (Å²) in [6.45, 7) is 9.56. The van der Waals surface area contributed by atoms with Gasteiger partial charge in [-0.3, -0.25) is 4.68 Å². The fraction of sp³-hybridized carbons (Fsp3) is 0.800. The Hall–Kier alpha value is -0.960. The minimum atomic E-state index is -3.50. The lowest BCUT2D eigenvalue weighted by atomic mass is 10.1. The highest BCUT2D eigenvalue weighted by Crippen LogP contribution is 2.23. The summed E-state index contributed by atoms with van der Waals surface area (Å²) in [5.74, 6) is 0. The third-order valence-corrected chi connectivity index (χ3v) is 6.27. The number of ether oxygens (including phenoxy) is 1. The van der Waals surface area contributed by atoms with Crippen molar-refractivity contribution >= 4 is 10.2 Å². The molecule has 0 amide bonds. The minimum Gasteiger partial charge on any atom is -0.381 e. The van der Waals surface area contributed by atoms with Gasteiger partial charge in [-0.1, -0.05) is 0 Å².